The van der Waals surface area contributed by atoms with Gasteiger partial charge in [0, 0.05) is 6.54 Å². The van der Waals surface area contributed by atoms with Gasteiger partial charge in [-0.1, -0.05) is 25.5 Å². The predicted molar refractivity (Wildman–Crippen MR) is 83.8 cm³/mol. The number of amides is 1. The molecule has 24 heavy (non-hydrogen) atoms. The van der Waals surface area contributed by atoms with E-state index in [9.17, 15) is 19.7 Å². The van der Waals surface area contributed by atoms with Crippen molar-refractivity contribution in [1.82, 2.24) is 15.5 Å². The molecule has 1 aromatic carbocycles. The fraction of sp³-hybridized carbons (Fsp3) is 0.267. The molecule has 0 aliphatic carbocycles. The number of nitrogens with one attached hydrogen (secondary N) is 2. The summed E-state index contributed by atoms with van der Waals surface area (Å²) in [6, 6.07) is 5.96. The lowest BCUT2D eigenvalue weighted by Gasteiger charge is -2.04. The van der Waals surface area contributed by atoms with Gasteiger partial charge in [-0.05, 0) is 24.1 Å². The van der Waals surface area contributed by atoms with Crippen LogP contribution in [-0.2, 0) is 13.0 Å². The Morgan fingerprint density at radius 3 is 2.54 bits per heavy atom. The van der Waals surface area contributed by atoms with Gasteiger partial charge < -0.3 is 10.4 Å². The molecule has 0 radical (unpaired) electrons. The highest BCUT2D eigenvalue weighted by molar-refractivity contribution is 5.96. The molecule has 1 amide bonds. The average molecular weight is 332 g/mol. The van der Waals surface area contributed by atoms with Crippen molar-refractivity contribution in [2.45, 2.75) is 26.3 Å². The quantitative estimate of drug-likeness (QED) is 0.523. The van der Waals surface area contributed by atoms with E-state index in [0.29, 0.717) is 24.1 Å². The van der Waals surface area contributed by atoms with Crippen molar-refractivity contribution in [3.05, 3.63) is 56.9 Å². The first kappa shape index (κ1) is 17.1. The molecule has 126 valence electrons. The van der Waals surface area contributed by atoms with E-state index in [2.05, 4.69) is 15.5 Å². The summed E-state index contributed by atoms with van der Waals surface area (Å²) in [4.78, 5) is 33.5. The highest BCUT2D eigenvalue weighted by atomic mass is 16.6. The Bertz CT molecular complexity index is 767. The molecule has 0 aliphatic heterocycles. The van der Waals surface area contributed by atoms with Gasteiger partial charge >= 0.3 is 11.7 Å². The van der Waals surface area contributed by atoms with E-state index in [-0.39, 0.29) is 23.5 Å². The number of carboxylic acid groups (broad SMARTS) is 1. The normalized spacial score (nSPS) is 10.4. The van der Waals surface area contributed by atoms with Crippen LogP contribution in [0.15, 0.2) is 24.3 Å². The van der Waals surface area contributed by atoms with Crippen LogP contribution in [-0.4, -0.2) is 32.1 Å². The minimum Gasteiger partial charge on any atom is -0.478 e. The third-order valence-electron chi connectivity index (χ3n) is 3.36. The van der Waals surface area contributed by atoms with Gasteiger partial charge in [0.15, 0.2) is 0 Å². The van der Waals surface area contributed by atoms with E-state index in [0.717, 1.165) is 0 Å². The Morgan fingerprint density at radius 2 is 2.00 bits per heavy atom. The topological polar surface area (TPSA) is 138 Å². The smallest absolute Gasteiger partial charge is 0.335 e. The molecule has 9 nitrogen and oxygen atoms in total. The van der Waals surface area contributed by atoms with Gasteiger partial charge in [0.25, 0.3) is 5.91 Å². The summed E-state index contributed by atoms with van der Waals surface area (Å²) >= 11 is 0. The number of hydrogen-bond acceptors (Lipinski definition) is 5. The van der Waals surface area contributed by atoms with Gasteiger partial charge in [-0.2, -0.15) is 5.10 Å². The second-order valence-electron chi connectivity index (χ2n) is 5.09. The Hall–Kier alpha value is -3.23. The minimum absolute atomic E-state index is 0.103. The molecule has 0 unspecified atom stereocenters. The molecular weight excluding hydrogens is 316 g/mol. The van der Waals surface area contributed by atoms with Crippen LogP contribution in [0.25, 0.3) is 0 Å². The molecule has 0 fully saturated rings. The lowest BCUT2D eigenvalue weighted by atomic mass is 10.1. The average Bonchev–Trinajstić information content (AvgIpc) is 2.97. The van der Waals surface area contributed by atoms with E-state index in [1.54, 1.807) is 12.1 Å². The van der Waals surface area contributed by atoms with Crippen LogP contribution in [0.5, 0.6) is 0 Å². The number of aromatic amines is 1. The van der Waals surface area contributed by atoms with Crippen molar-refractivity contribution >= 4 is 17.6 Å². The number of aromatic nitrogens is 2. The van der Waals surface area contributed by atoms with Gasteiger partial charge in [-0.3, -0.25) is 20.0 Å². The second-order valence-corrected chi connectivity index (χ2v) is 5.09. The Labute approximate surface area is 136 Å². The number of aryl methyl sites for hydroxylation is 1. The van der Waals surface area contributed by atoms with Gasteiger partial charge in [-0.15, -0.1) is 0 Å². The molecule has 0 aliphatic rings. The second kappa shape index (κ2) is 7.36. The van der Waals surface area contributed by atoms with Crippen LogP contribution in [0.1, 0.15) is 45.4 Å². The van der Waals surface area contributed by atoms with Crippen molar-refractivity contribution in [2.24, 2.45) is 0 Å². The maximum Gasteiger partial charge on any atom is 0.335 e. The van der Waals surface area contributed by atoms with E-state index in [1.165, 1.54) is 12.1 Å². The van der Waals surface area contributed by atoms with Crippen molar-refractivity contribution in [2.75, 3.05) is 0 Å². The van der Waals surface area contributed by atoms with Gasteiger partial charge in [0.2, 0.25) is 5.69 Å². The Kier molecular flexibility index (Phi) is 5.25. The summed E-state index contributed by atoms with van der Waals surface area (Å²) in [6.45, 7) is 1.97. The molecule has 3 N–H and O–H groups in total. The molecular formula is C15H16N4O5. The van der Waals surface area contributed by atoms with Gasteiger partial charge in [0.05, 0.1) is 10.5 Å². The summed E-state index contributed by atoms with van der Waals surface area (Å²) in [5.41, 5.74) is 0.553. The minimum atomic E-state index is -1.04. The number of carbonyl (C=O) groups is 2. The monoisotopic (exact) mass is 332 g/mol. The molecule has 1 heterocycles. The number of benzene rings is 1. The van der Waals surface area contributed by atoms with E-state index in [4.69, 9.17) is 5.11 Å². The summed E-state index contributed by atoms with van der Waals surface area (Å²) in [5.74, 6) is -1.70. The molecule has 0 saturated carbocycles. The number of rotatable bonds is 7. The van der Waals surface area contributed by atoms with Crippen LogP contribution in [0, 0.1) is 10.1 Å². The zero-order valence-corrected chi connectivity index (χ0v) is 12.9. The van der Waals surface area contributed by atoms with Crippen LogP contribution in [0.3, 0.4) is 0 Å². The van der Waals surface area contributed by atoms with Gasteiger partial charge in [0.1, 0.15) is 5.69 Å². The first-order valence-corrected chi connectivity index (χ1v) is 7.26. The van der Waals surface area contributed by atoms with Crippen molar-refractivity contribution in [3.8, 4) is 0 Å². The zero-order chi connectivity index (χ0) is 17.7. The third-order valence-corrected chi connectivity index (χ3v) is 3.36. The number of H-pyrrole nitrogens is 1. The zero-order valence-electron chi connectivity index (χ0n) is 12.9. The molecule has 9 heteroatoms. The highest BCUT2D eigenvalue weighted by Gasteiger charge is 2.28. The van der Waals surface area contributed by atoms with E-state index >= 15 is 0 Å². The van der Waals surface area contributed by atoms with Crippen molar-refractivity contribution in [1.29, 1.82) is 0 Å². The van der Waals surface area contributed by atoms with Gasteiger partial charge in [-0.25, -0.2) is 4.79 Å². The van der Waals surface area contributed by atoms with E-state index < -0.39 is 16.8 Å². The molecule has 0 spiro atoms. The summed E-state index contributed by atoms with van der Waals surface area (Å²) < 4.78 is 0. The maximum atomic E-state index is 12.1. The third kappa shape index (κ3) is 3.75. The maximum absolute atomic E-state index is 12.1. The van der Waals surface area contributed by atoms with Crippen molar-refractivity contribution < 1.29 is 19.6 Å². The SMILES string of the molecule is CCCc1[nH]nc(C(=O)NCc2ccc(C(=O)O)cc2)c1[N+](=O)[O-]. The first-order valence-electron chi connectivity index (χ1n) is 7.26. The largest absolute Gasteiger partial charge is 0.478 e. The number of hydrogen-bond donors (Lipinski definition) is 3. The predicted octanol–water partition coefficient (Wildman–Crippen LogP) is 1.90. The van der Waals surface area contributed by atoms with Crippen LogP contribution in [0.4, 0.5) is 5.69 Å². The van der Waals surface area contributed by atoms with Crippen LogP contribution >= 0.6 is 0 Å². The highest BCUT2D eigenvalue weighted by Crippen LogP contribution is 2.22. The fourth-order valence-corrected chi connectivity index (χ4v) is 2.18. The molecule has 0 bridgehead atoms. The Balaban J connectivity index is 2.10. The lowest BCUT2D eigenvalue weighted by Crippen LogP contribution is -2.24. The number of carboxylic acids is 1. The molecule has 2 rings (SSSR count). The number of carbonyl (C=O) groups excluding carboxylic acids is 1. The number of nitrogens with zero attached hydrogens (tertiary/aromatic N) is 2. The van der Waals surface area contributed by atoms with Crippen LogP contribution in [0.2, 0.25) is 0 Å². The number of aromatic carboxylic acids is 1. The standard InChI is InChI=1S/C15H16N4O5/c1-2-3-11-13(19(23)24)12(18-17-11)14(20)16-8-9-4-6-10(7-5-9)15(21)22/h4-7H,2-3,8H2,1H3,(H,16,20)(H,17,18)(H,21,22). The molecule has 2 aromatic rings. The lowest BCUT2D eigenvalue weighted by molar-refractivity contribution is -0.385. The first-order chi connectivity index (χ1) is 11.4. The molecule has 0 atom stereocenters. The number of nitro groups is 1. The summed E-state index contributed by atoms with van der Waals surface area (Å²) in [6.07, 6.45) is 1.10. The van der Waals surface area contributed by atoms with E-state index in [1.807, 2.05) is 6.92 Å². The Morgan fingerprint density at radius 1 is 1.33 bits per heavy atom. The van der Waals surface area contributed by atoms with Crippen LogP contribution < -0.4 is 5.32 Å². The summed E-state index contributed by atoms with van der Waals surface area (Å²) in [7, 11) is 0. The molecule has 0 saturated heterocycles. The molecule has 1 aromatic heterocycles. The fourth-order valence-electron chi connectivity index (χ4n) is 2.18. The summed E-state index contributed by atoms with van der Waals surface area (Å²) in [5, 5.41) is 28.8. The van der Waals surface area contributed by atoms with Crippen molar-refractivity contribution in [3.63, 3.8) is 0 Å².